The predicted molar refractivity (Wildman–Crippen MR) is 83.7 cm³/mol. The highest BCUT2D eigenvalue weighted by atomic mass is 32.1. The summed E-state index contributed by atoms with van der Waals surface area (Å²) in [4.78, 5) is 35.3. The quantitative estimate of drug-likeness (QED) is 0.225. The number of carbonyl (C=O) groups excluding carboxylic acids is 2. The molecule has 0 saturated carbocycles. The molecule has 1 heterocycles. The molecule has 2 amide bonds. The molecule has 7 nitrogen and oxygen atoms in total. The molecule has 2 rings (SSSR count). The Morgan fingerprint density at radius 3 is 2.74 bits per heavy atom. The first-order valence-corrected chi connectivity index (χ1v) is 6.69. The van der Waals surface area contributed by atoms with E-state index >= 15 is 0 Å². The number of amides is 2. The zero-order chi connectivity index (χ0) is 17.1. The Bertz CT molecular complexity index is 775. The van der Waals surface area contributed by atoms with Crippen LogP contribution in [0.4, 0.5) is 10.1 Å². The molecule has 0 spiro atoms. The summed E-state index contributed by atoms with van der Waals surface area (Å²) in [6.45, 7) is 3.54. The van der Waals surface area contributed by atoms with Crippen LogP contribution in [0, 0.1) is 15.9 Å². The van der Waals surface area contributed by atoms with Gasteiger partial charge >= 0.3 is 0 Å². The van der Waals surface area contributed by atoms with Crippen molar-refractivity contribution in [3.8, 4) is 0 Å². The lowest BCUT2D eigenvalue weighted by molar-refractivity contribution is -0.384. The molecular weight excluding hydrogens is 325 g/mol. The molecule has 1 saturated heterocycles. The lowest BCUT2D eigenvalue weighted by atomic mass is 10.1. The zero-order valence-corrected chi connectivity index (χ0v) is 12.4. The van der Waals surface area contributed by atoms with Crippen LogP contribution >= 0.6 is 12.2 Å². The monoisotopic (exact) mass is 335 g/mol. The normalized spacial score (nSPS) is 16.5. The van der Waals surface area contributed by atoms with E-state index < -0.39 is 22.6 Å². The predicted octanol–water partition coefficient (Wildman–Crippen LogP) is 1.55. The van der Waals surface area contributed by atoms with Crippen molar-refractivity contribution in [2.75, 3.05) is 6.54 Å². The molecule has 1 aliphatic rings. The Labute approximate surface area is 135 Å². The molecular formula is C14H10FN3O4S. The summed E-state index contributed by atoms with van der Waals surface area (Å²) in [6, 6.07) is 2.81. The van der Waals surface area contributed by atoms with Crippen LogP contribution in [0.5, 0.6) is 0 Å². The third kappa shape index (κ3) is 3.29. The van der Waals surface area contributed by atoms with Gasteiger partial charge in [-0.2, -0.15) is 0 Å². The van der Waals surface area contributed by atoms with E-state index in [0.717, 1.165) is 29.2 Å². The number of non-ortho nitro benzene ring substituents is 1. The molecule has 1 aromatic rings. The summed E-state index contributed by atoms with van der Waals surface area (Å²) in [7, 11) is 0. The lowest BCUT2D eigenvalue weighted by Crippen LogP contribution is -2.53. The van der Waals surface area contributed by atoms with E-state index in [4.69, 9.17) is 12.2 Å². The maximum Gasteiger partial charge on any atom is 0.270 e. The molecule has 0 bridgehead atoms. The van der Waals surface area contributed by atoms with Gasteiger partial charge in [-0.3, -0.25) is 29.9 Å². The van der Waals surface area contributed by atoms with Crippen molar-refractivity contribution >= 4 is 40.9 Å². The second-order valence-electron chi connectivity index (χ2n) is 4.48. The second kappa shape index (κ2) is 6.44. The van der Waals surface area contributed by atoms with Crippen LogP contribution < -0.4 is 5.32 Å². The van der Waals surface area contributed by atoms with Crippen LogP contribution in [0.1, 0.15) is 5.56 Å². The topological polar surface area (TPSA) is 92.6 Å². The van der Waals surface area contributed by atoms with Gasteiger partial charge in [0, 0.05) is 24.2 Å². The number of halogens is 1. The Morgan fingerprint density at radius 2 is 2.13 bits per heavy atom. The van der Waals surface area contributed by atoms with Crippen molar-refractivity contribution < 1.29 is 18.9 Å². The summed E-state index contributed by atoms with van der Waals surface area (Å²) in [5, 5.41) is 13.0. The van der Waals surface area contributed by atoms with Gasteiger partial charge in [0.15, 0.2) is 5.11 Å². The average Bonchev–Trinajstić information content (AvgIpc) is 2.49. The molecule has 1 aromatic carbocycles. The van der Waals surface area contributed by atoms with Crippen LogP contribution in [0.15, 0.2) is 36.4 Å². The van der Waals surface area contributed by atoms with Crippen molar-refractivity contribution in [1.82, 2.24) is 10.2 Å². The Balaban J connectivity index is 2.48. The number of rotatable bonds is 4. The summed E-state index contributed by atoms with van der Waals surface area (Å²) in [5.41, 5.74) is -0.982. The maximum absolute atomic E-state index is 13.8. The smallest absolute Gasteiger partial charge is 0.270 e. The SMILES string of the molecule is C=CCN1C(=O)C(=Cc2cc([N+](=O)[O-])ccc2F)C(=O)NC1=S. The number of hydrogen-bond acceptors (Lipinski definition) is 5. The van der Waals surface area contributed by atoms with E-state index in [-0.39, 0.29) is 28.5 Å². The number of thiocarbonyl (C=S) groups is 1. The summed E-state index contributed by atoms with van der Waals surface area (Å²) in [5.74, 6) is -2.33. The number of hydrogen-bond donors (Lipinski definition) is 1. The molecule has 1 N–H and O–H groups in total. The van der Waals surface area contributed by atoms with Crippen LogP contribution in [0.2, 0.25) is 0 Å². The number of nitrogens with zero attached hydrogens (tertiary/aromatic N) is 2. The fourth-order valence-electron chi connectivity index (χ4n) is 1.90. The number of nitro groups is 1. The van der Waals surface area contributed by atoms with Crippen LogP contribution in [-0.2, 0) is 9.59 Å². The number of nitro benzene ring substituents is 1. The highest BCUT2D eigenvalue weighted by Gasteiger charge is 2.32. The van der Waals surface area contributed by atoms with Gasteiger partial charge in [-0.25, -0.2) is 4.39 Å². The lowest BCUT2D eigenvalue weighted by Gasteiger charge is -2.27. The fraction of sp³-hybridized carbons (Fsp3) is 0.0714. The fourth-order valence-corrected chi connectivity index (χ4v) is 2.15. The van der Waals surface area contributed by atoms with Crippen LogP contribution in [0.3, 0.4) is 0 Å². The van der Waals surface area contributed by atoms with Gasteiger partial charge in [0.25, 0.3) is 17.5 Å². The minimum absolute atomic E-state index is 0.0622. The van der Waals surface area contributed by atoms with Crippen molar-refractivity contribution in [2.45, 2.75) is 0 Å². The Morgan fingerprint density at radius 1 is 1.43 bits per heavy atom. The molecule has 0 aromatic heterocycles. The summed E-state index contributed by atoms with van der Waals surface area (Å²) in [6.07, 6.45) is 2.37. The van der Waals surface area contributed by atoms with E-state index in [1.165, 1.54) is 6.08 Å². The molecule has 1 aliphatic heterocycles. The zero-order valence-electron chi connectivity index (χ0n) is 11.6. The average molecular weight is 335 g/mol. The van der Waals surface area contributed by atoms with Crippen molar-refractivity contribution in [2.24, 2.45) is 0 Å². The van der Waals surface area contributed by atoms with Crippen molar-refractivity contribution in [1.29, 1.82) is 0 Å². The standard InChI is InChI=1S/C14H10FN3O4S/c1-2-5-17-13(20)10(12(19)16-14(17)23)7-8-6-9(18(21)22)3-4-11(8)15/h2-4,6-7H,1,5H2,(H,16,19,23). The summed E-state index contributed by atoms with van der Waals surface area (Å²) < 4.78 is 13.8. The molecule has 118 valence electrons. The molecule has 0 atom stereocenters. The van der Waals surface area contributed by atoms with Crippen molar-refractivity contribution in [3.05, 3.63) is 57.9 Å². The second-order valence-corrected chi connectivity index (χ2v) is 4.87. The van der Waals surface area contributed by atoms with Gasteiger partial charge in [0.05, 0.1) is 4.92 Å². The number of carbonyl (C=O) groups is 2. The molecule has 9 heteroatoms. The molecule has 0 radical (unpaired) electrons. The highest BCUT2D eigenvalue weighted by Crippen LogP contribution is 2.21. The largest absolute Gasteiger partial charge is 0.298 e. The minimum Gasteiger partial charge on any atom is -0.298 e. The minimum atomic E-state index is -0.800. The van der Waals surface area contributed by atoms with Crippen molar-refractivity contribution in [3.63, 3.8) is 0 Å². The Kier molecular flexibility index (Phi) is 4.60. The van der Waals surface area contributed by atoms with Gasteiger partial charge < -0.3 is 0 Å². The van der Waals surface area contributed by atoms with E-state index in [2.05, 4.69) is 11.9 Å². The van der Waals surface area contributed by atoms with E-state index in [1.54, 1.807) is 0 Å². The van der Waals surface area contributed by atoms with Crippen LogP contribution in [0.25, 0.3) is 6.08 Å². The molecule has 0 unspecified atom stereocenters. The maximum atomic E-state index is 13.8. The van der Waals surface area contributed by atoms with E-state index in [1.807, 2.05) is 0 Å². The van der Waals surface area contributed by atoms with Crippen LogP contribution in [-0.4, -0.2) is 33.3 Å². The van der Waals surface area contributed by atoms with Gasteiger partial charge in [0.2, 0.25) is 0 Å². The first-order chi connectivity index (χ1) is 10.8. The first kappa shape index (κ1) is 16.4. The molecule has 0 aliphatic carbocycles. The molecule has 23 heavy (non-hydrogen) atoms. The van der Waals surface area contributed by atoms with Gasteiger partial charge in [-0.1, -0.05) is 6.08 Å². The van der Waals surface area contributed by atoms with Gasteiger partial charge in [-0.15, -0.1) is 6.58 Å². The highest BCUT2D eigenvalue weighted by molar-refractivity contribution is 7.80. The Hall–Kier alpha value is -2.94. The van der Waals surface area contributed by atoms with E-state index in [9.17, 15) is 24.1 Å². The van der Waals surface area contributed by atoms with Gasteiger partial charge in [0.1, 0.15) is 11.4 Å². The summed E-state index contributed by atoms with van der Waals surface area (Å²) >= 11 is 4.88. The molecule has 1 fully saturated rings. The third-order valence-electron chi connectivity index (χ3n) is 2.99. The first-order valence-electron chi connectivity index (χ1n) is 6.29. The number of benzene rings is 1. The third-order valence-corrected chi connectivity index (χ3v) is 3.31. The van der Waals surface area contributed by atoms with Gasteiger partial charge in [-0.05, 0) is 24.4 Å². The van der Waals surface area contributed by atoms with E-state index in [0.29, 0.717) is 0 Å². The number of nitrogens with one attached hydrogen (secondary N) is 1.